The summed E-state index contributed by atoms with van der Waals surface area (Å²) in [6.07, 6.45) is 3.76. The van der Waals surface area contributed by atoms with E-state index in [1.807, 2.05) is 6.07 Å². The van der Waals surface area contributed by atoms with Crippen molar-refractivity contribution in [2.45, 2.75) is 32.9 Å². The van der Waals surface area contributed by atoms with Gasteiger partial charge < -0.3 is 19.5 Å². The topological polar surface area (TPSA) is 67.6 Å². The number of hydrogen-bond acceptors (Lipinski definition) is 4. The van der Waals surface area contributed by atoms with Gasteiger partial charge in [-0.1, -0.05) is 41.1 Å². The van der Waals surface area contributed by atoms with Crippen LogP contribution in [0, 0.1) is 5.92 Å². The van der Waals surface area contributed by atoms with E-state index in [0.717, 1.165) is 68.5 Å². The maximum Gasteiger partial charge on any atom is 0.194 e. The van der Waals surface area contributed by atoms with E-state index in [4.69, 9.17) is 9.73 Å². The molecule has 9 heteroatoms. The third kappa shape index (κ3) is 7.21. The molecule has 160 valence electrons. The average molecular weight is 577 g/mol. The van der Waals surface area contributed by atoms with Gasteiger partial charge in [-0.3, -0.25) is 4.99 Å². The quantitative estimate of drug-likeness (QED) is 0.297. The zero-order valence-electron chi connectivity index (χ0n) is 17.1. The van der Waals surface area contributed by atoms with Crippen molar-refractivity contribution in [3.8, 4) is 0 Å². The Morgan fingerprint density at radius 1 is 1.41 bits per heavy atom. The van der Waals surface area contributed by atoms with Gasteiger partial charge in [-0.25, -0.2) is 0 Å². The molecule has 0 radical (unpaired) electrons. The lowest BCUT2D eigenvalue weighted by molar-refractivity contribution is 0.187. The second-order valence-corrected chi connectivity index (χ2v) is 7.92. The SMILES string of the molecule is CCc1nncn1CCNC(=NCC1CCOC1)N(C)Cc1ccccc1Br.I. The number of nitrogens with zero attached hydrogens (tertiary/aromatic N) is 5. The summed E-state index contributed by atoms with van der Waals surface area (Å²) in [5.41, 5.74) is 1.23. The molecule has 0 bridgehead atoms. The molecular formula is C20H30BrIN6O. The molecule has 1 fully saturated rings. The minimum Gasteiger partial charge on any atom is -0.381 e. The van der Waals surface area contributed by atoms with E-state index in [2.05, 4.69) is 73.1 Å². The number of benzene rings is 1. The maximum atomic E-state index is 5.49. The van der Waals surface area contributed by atoms with Crippen molar-refractivity contribution >= 4 is 45.9 Å². The van der Waals surface area contributed by atoms with Crippen LogP contribution in [0.3, 0.4) is 0 Å². The Morgan fingerprint density at radius 2 is 2.24 bits per heavy atom. The molecule has 2 aromatic rings. The number of rotatable bonds is 8. The van der Waals surface area contributed by atoms with E-state index < -0.39 is 0 Å². The molecule has 7 nitrogen and oxygen atoms in total. The Morgan fingerprint density at radius 3 is 2.97 bits per heavy atom. The Labute approximate surface area is 198 Å². The second kappa shape index (κ2) is 12.5. The number of hydrogen-bond donors (Lipinski definition) is 1. The van der Waals surface area contributed by atoms with Crippen LogP contribution in [0.15, 0.2) is 40.1 Å². The summed E-state index contributed by atoms with van der Waals surface area (Å²) in [5.74, 6) is 2.43. The molecule has 1 unspecified atom stereocenters. The van der Waals surface area contributed by atoms with E-state index >= 15 is 0 Å². The minimum atomic E-state index is 0. The standard InChI is InChI=1S/C20H29BrN6O.HI/c1-3-19-25-24-15-27(19)10-9-22-20(23-12-16-8-11-28-14-16)26(2)13-17-6-4-5-7-18(17)21;/h4-7,15-16H,3,8-14H2,1-2H3,(H,22,23);1H. The van der Waals surface area contributed by atoms with E-state index in [1.165, 1.54) is 5.56 Å². The van der Waals surface area contributed by atoms with Crippen molar-refractivity contribution in [1.82, 2.24) is 25.0 Å². The number of halogens is 2. The van der Waals surface area contributed by atoms with Crippen LogP contribution in [0.25, 0.3) is 0 Å². The van der Waals surface area contributed by atoms with Gasteiger partial charge in [0.2, 0.25) is 0 Å². The lowest BCUT2D eigenvalue weighted by Gasteiger charge is -2.24. The molecule has 0 spiro atoms. The van der Waals surface area contributed by atoms with Crippen LogP contribution in [0.5, 0.6) is 0 Å². The van der Waals surface area contributed by atoms with Gasteiger partial charge in [-0.05, 0) is 18.1 Å². The molecule has 0 amide bonds. The van der Waals surface area contributed by atoms with Gasteiger partial charge in [0.15, 0.2) is 5.96 Å². The van der Waals surface area contributed by atoms with Gasteiger partial charge in [0.1, 0.15) is 12.2 Å². The lowest BCUT2D eigenvalue weighted by atomic mass is 10.1. The van der Waals surface area contributed by atoms with Gasteiger partial charge in [-0.15, -0.1) is 34.2 Å². The number of aryl methyl sites for hydroxylation is 1. The molecule has 0 aliphatic carbocycles. The normalized spacial score (nSPS) is 16.5. The number of nitrogens with one attached hydrogen (secondary N) is 1. The number of aromatic nitrogens is 3. The number of aliphatic imine (C=N–C) groups is 1. The first-order chi connectivity index (χ1) is 13.7. The molecule has 3 rings (SSSR count). The van der Waals surface area contributed by atoms with Crippen LogP contribution in [-0.2, 0) is 24.2 Å². The lowest BCUT2D eigenvalue weighted by Crippen LogP contribution is -2.40. The first kappa shape index (κ1) is 24.1. The van der Waals surface area contributed by atoms with Gasteiger partial charge in [0.25, 0.3) is 0 Å². The highest BCUT2D eigenvalue weighted by atomic mass is 127. The van der Waals surface area contributed by atoms with E-state index in [0.29, 0.717) is 5.92 Å². The van der Waals surface area contributed by atoms with Crippen LogP contribution in [0.4, 0.5) is 0 Å². The fraction of sp³-hybridized carbons (Fsp3) is 0.550. The molecule has 1 N–H and O–H groups in total. The second-order valence-electron chi connectivity index (χ2n) is 7.06. The van der Waals surface area contributed by atoms with Gasteiger partial charge in [0.05, 0.1) is 6.61 Å². The highest BCUT2D eigenvalue weighted by molar-refractivity contribution is 14.0. The Hall–Kier alpha value is -1.20. The summed E-state index contributed by atoms with van der Waals surface area (Å²) in [6, 6.07) is 8.30. The van der Waals surface area contributed by atoms with Crippen molar-refractivity contribution in [1.29, 1.82) is 0 Å². The Kier molecular flexibility index (Phi) is 10.4. The van der Waals surface area contributed by atoms with Crippen LogP contribution in [0.1, 0.15) is 24.7 Å². The number of guanidine groups is 1. The fourth-order valence-electron chi connectivity index (χ4n) is 3.24. The maximum absolute atomic E-state index is 5.49. The molecule has 1 saturated heterocycles. The summed E-state index contributed by atoms with van der Waals surface area (Å²) in [7, 11) is 2.08. The van der Waals surface area contributed by atoms with Crippen molar-refractivity contribution < 1.29 is 4.74 Å². The summed E-state index contributed by atoms with van der Waals surface area (Å²) in [6.45, 7) is 6.90. The van der Waals surface area contributed by atoms with Crippen LogP contribution >= 0.6 is 39.9 Å². The van der Waals surface area contributed by atoms with E-state index in [1.54, 1.807) is 6.33 Å². The van der Waals surface area contributed by atoms with Crippen LogP contribution in [0.2, 0.25) is 0 Å². The Bertz CT molecular complexity index is 778. The number of ether oxygens (including phenoxy) is 1. The summed E-state index contributed by atoms with van der Waals surface area (Å²) < 4.78 is 8.69. The van der Waals surface area contributed by atoms with Crippen molar-refractivity contribution in [2.24, 2.45) is 10.9 Å². The van der Waals surface area contributed by atoms with Gasteiger partial charge in [-0.2, -0.15) is 0 Å². The summed E-state index contributed by atoms with van der Waals surface area (Å²) >= 11 is 3.64. The molecule has 29 heavy (non-hydrogen) atoms. The molecule has 1 atom stereocenters. The van der Waals surface area contributed by atoms with Crippen LogP contribution in [-0.4, -0.2) is 59.0 Å². The molecule has 1 aromatic carbocycles. The zero-order chi connectivity index (χ0) is 19.8. The average Bonchev–Trinajstić information content (AvgIpc) is 3.37. The van der Waals surface area contributed by atoms with E-state index in [9.17, 15) is 0 Å². The molecular weight excluding hydrogens is 547 g/mol. The monoisotopic (exact) mass is 576 g/mol. The molecule has 1 aliphatic rings. The predicted octanol–water partition coefficient (Wildman–Crippen LogP) is 3.34. The predicted molar refractivity (Wildman–Crippen MR) is 130 cm³/mol. The first-order valence-corrected chi connectivity index (χ1v) is 10.6. The molecule has 2 heterocycles. The largest absolute Gasteiger partial charge is 0.381 e. The van der Waals surface area contributed by atoms with Crippen LogP contribution < -0.4 is 5.32 Å². The van der Waals surface area contributed by atoms with Crippen molar-refractivity contribution in [3.05, 3.63) is 46.5 Å². The van der Waals surface area contributed by atoms with Crippen molar-refractivity contribution in [3.63, 3.8) is 0 Å². The third-order valence-corrected chi connectivity index (χ3v) is 5.67. The first-order valence-electron chi connectivity index (χ1n) is 9.84. The summed E-state index contributed by atoms with van der Waals surface area (Å²) in [4.78, 5) is 7.06. The highest BCUT2D eigenvalue weighted by Crippen LogP contribution is 2.17. The zero-order valence-corrected chi connectivity index (χ0v) is 21.0. The smallest absolute Gasteiger partial charge is 0.194 e. The molecule has 0 saturated carbocycles. The van der Waals surface area contributed by atoms with Gasteiger partial charge >= 0.3 is 0 Å². The van der Waals surface area contributed by atoms with Gasteiger partial charge in [0, 0.05) is 56.6 Å². The fourth-order valence-corrected chi connectivity index (χ4v) is 3.65. The third-order valence-electron chi connectivity index (χ3n) is 4.90. The highest BCUT2D eigenvalue weighted by Gasteiger charge is 2.16. The Balaban J connectivity index is 0.00000300. The summed E-state index contributed by atoms with van der Waals surface area (Å²) in [5, 5.41) is 11.7. The van der Waals surface area contributed by atoms with E-state index in [-0.39, 0.29) is 24.0 Å². The molecule has 1 aromatic heterocycles. The van der Waals surface area contributed by atoms with Crippen molar-refractivity contribution in [2.75, 3.05) is 33.4 Å². The minimum absolute atomic E-state index is 0. The molecule has 1 aliphatic heterocycles.